The minimum atomic E-state index is -4.45. The van der Waals surface area contributed by atoms with E-state index in [2.05, 4.69) is 22.4 Å². The van der Waals surface area contributed by atoms with Crippen molar-refractivity contribution in [2.45, 2.75) is 26.1 Å². The Kier molecular flexibility index (Phi) is 3.92. The molecule has 1 heterocycles. The summed E-state index contributed by atoms with van der Waals surface area (Å²) in [4.78, 5) is 16.5. The fraction of sp³-hybridized carbons (Fsp3) is 0.385. The number of amides is 1. The SMILES string of the molecule is CC(=O)N1CCc2c(cc(N=C=S)cc2C(F)(F)F)C1. The molecule has 20 heavy (non-hydrogen) atoms. The monoisotopic (exact) mass is 300 g/mol. The molecule has 0 aliphatic carbocycles. The van der Waals surface area contributed by atoms with Crippen molar-refractivity contribution >= 4 is 29.0 Å². The maximum atomic E-state index is 13.1. The first-order valence-electron chi connectivity index (χ1n) is 5.89. The summed E-state index contributed by atoms with van der Waals surface area (Å²) in [6.45, 7) is 1.85. The topological polar surface area (TPSA) is 32.7 Å². The predicted octanol–water partition coefficient (Wildman–Crippen LogP) is 3.34. The number of aliphatic imine (C=N–C) groups is 1. The molecular formula is C13H11F3N2OS. The number of halogens is 3. The van der Waals surface area contributed by atoms with Crippen molar-refractivity contribution in [1.82, 2.24) is 4.90 Å². The Bertz CT molecular complexity index is 606. The third-order valence-corrected chi connectivity index (χ3v) is 3.34. The van der Waals surface area contributed by atoms with Gasteiger partial charge in [-0.3, -0.25) is 4.79 Å². The third kappa shape index (κ3) is 2.89. The summed E-state index contributed by atoms with van der Waals surface area (Å²) < 4.78 is 39.2. The van der Waals surface area contributed by atoms with Crippen LogP contribution in [0.15, 0.2) is 17.1 Å². The molecule has 1 aromatic rings. The maximum Gasteiger partial charge on any atom is 0.416 e. The molecular weight excluding hydrogens is 289 g/mol. The van der Waals surface area contributed by atoms with E-state index in [0.717, 1.165) is 6.07 Å². The number of thiocarbonyl (C=S) groups is 1. The van der Waals surface area contributed by atoms with Gasteiger partial charge in [-0.05, 0) is 41.9 Å². The van der Waals surface area contributed by atoms with Crippen LogP contribution in [0, 0.1) is 0 Å². The lowest BCUT2D eigenvalue weighted by Crippen LogP contribution is -2.35. The van der Waals surface area contributed by atoms with Gasteiger partial charge in [0.1, 0.15) is 0 Å². The zero-order chi connectivity index (χ0) is 14.9. The number of isothiocyanates is 1. The first-order chi connectivity index (χ1) is 9.32. The van der Waals surface area contributed by atoms with E-state index in [0.29, 0.717) is 12.1 Å². The second kappa shape index (κ2) is 5.34. The maximum absolute atomic E-state index is 13.1. The van der Waals surface area contributed by atoms with Gasteiger partial charge < -0.3 is 4.90 Å². The summed E-state index contributed by atoms with van der Waals surface area (Å²) in [6, 6.07) is 2.50. The Hall–Kier alpha value is -1.72. The zero-order valence-corrected chi connectivity index (χ0v) is 11.4. The van der Waals surface area contributed by atoms with Crippen LogP contribution in [0.1, 0.15) is 23.6 Å². The van der Waals surface area contributed by atoms with Gasteiger partial charge in [0, 0.05) is 20.0 Å². The number of carbonyl (C=O) groups is 1. The predicted molar refractivity (Wildman–Crippen MR) is 70.9 cm³/mol. The first-order valence-corrected chi connectivity index (χ1v) is 6.30. The molecule has 1 amide bonds. The molecule has 1 aliphatic heterocycles. The van der Waals surface area contributed by atoms with E-state index in [9.17, 15) is 18.0 Å². The lowest BCUT2D eigenvalue weighted by Gasteiger charge is -2.30. The van der Waals surface area contributed by atoms with E-state index in [1.807, 2.05) is 0 Å². The average Bonchev–Trinajstić information content (AvgIpc) is 2.36. The van der Waals surface area contributed by atoms with Crippen molar-refractivity contribution in [2.24, 2.45) is 4.99 Å². The molecule has 0 aromatic heterocycles. The van der Waals surface area contributed by atoms with Gasteiger partial charge in [0.15, 0.2) is 0 Å². The summed E-state index contributed by atoms with van der Waals surface area (Å²) in [6.07, 6.45) is -4.26. The molecule has 1 aromatic carbocycles. The molecule has 0 unspecified atom stereocenters. The highest BCUT2D eigenvalue weighted by Gasteiger charge is 2.36. The second-order valence-electron chi connectivity index (χ2n) is 4.52. The fourth-order valence-electron chi connectivity index (χ4n) is 2.32. The Morgan fingerprint density at radius 2 is 2.15 bits per heavy atom. The minimum absolute atomic E-state index is 0.108. The molecule has 0 atom stereocenters. The van der Waals surface area contributed by atoms with Crippen molar-refractivity contribution in [3.63, 3.8) is 0 Å². The summed E-state index contributed by atoms with van der Waals surface area (Å²) in [7, 11) is 0. The number of nitrogens with zero attached hydrogens (tertiary/aromatic N) is 2. The number of rotatable bonds is 1. The molecule has 2 rings (SSSR count). The van der Waals surface area contributed by atoms with Crippen LogP contribution in [0.2, 0.25) is 0 Å². The number of benzene rings is 1. The van der Waals surface area contributed by atoms with Crippen molar-refractivity contribution < 1.29 is 18.0 Å². The van der Waals surface area contributed by atoms with E-state index in [1.165, 1.54) is 17.9 Å². The summed E-state index contributed by atoms with van der Waals surface area (Å²) in [5, 5.41) is 2.06. The Morgan fingerprint density at radius 3 is 2.70 bits per heavy atom. The highest BCUT2D eigenvalue weighted by molar-refractivity contribution is 7.78. The summed E-state index contributed by atoms with van der Waals surface area (Å²) in [5.41, 5.74) is 0.0993. The van der Waals surface area contributed by atoms with Gasteiger partial charge in [0.25, 0.3) is 0 Å². The highest BCUT2D eigenvalue weighted by atomic mass is 32.1. The van der Waals surface area contributed by atoms with Gasteiger partial charge in [-0.1, -0.05) is 0 Å². The number of fused-ring (bicyclic) bond motifs is 1. The van der Waals surface area contributed by atoms with Crippen molar-refractivity contribution in [1.29, 1.82) is 0 Å². The van der Waals surface area contributed by atoms with Crippen molar-refractivity contribution in [3.05, 3.63) is 28.8 Å². The normalized spacial score (nSPS) is 14.5. The molecule has 0 N–H and O–H groups in total. The minimum Gasteiger partial charge on any atom is -0.338 e. The van der Waals surface area contributed by atoms with Gasteiger partial charge >= 0.3 is 6.18 Å². The van der Waals surface area contributed by atoms with E-state index < -0.39 is 11.7 Å². The van der Waals surface area contributed by atoms with Crippen LogP contribution in [0.4, 0.5) is 18.9 Å². The lowest BCUT2D eigenvalue weighted by molar-refractivity contribution is -0.138. The Morgan fingerprint density at radius 1 is 1.45 bits per heavy atom. The molecule has 0 saturated heterocycles. The summed E-state index contributed by atoms with van der Waals surface area (Å²) >= 11 is 4.43. The van der Waals surface area contributed by atoms with Gasteiger partial charge in [0.2, 0.25) is 5.91 Å². The van der Waals surface area contributed by atoms with Gasteiger partial charge in [-0.25, -0.2) is 0 Å². The van der Waals surface area contributed by atoms with Gasteiger partial charge in [0.05, 0.1) is 16.4 Å². The average molecular weight is 300 g/mol. The molecule has 0 fully saturated rings. The van der Waals surface area contributed by atoms with E-state index in [1.54, 1.807) is 0 Å². The first kappa shape index (κ1) is 14.7. The fourth-order valence-corrected chi connectivity index (χ4v) is 2.43. The number of carbonyl (C=O) groups excluding carboxylic acids is 1. The summed E-state index contributed by atoms with van der Waals surface area (Å²) in [5.74, 6) is -0.159. The second-order valence-corrected chi connectivity index (χ2v) is 4.71. The van der Waals surface area contributed by atoms with Crippen LogP contribution in [-0.2, 0) is 23.9 Å². The number of alkyl halides is 3. The molecule has 106 valence electrons. The van der Waals surface area contributed by atoms with Crippen LogP contribution in [0.25, 0.3) is 0 Å². The molecule has 0 bridgehead atoms. The standard InChI is InChI=1S/C13H11F3N2OS/c1-8(19)18-3-2-11-9(6-18)4-10(17-7-20)5-12(11)13(14,15)16/h4-5H,2-3,6H2,1H3. The molecule has 0 saturated carbocycles. The van der Waals surface area contributed by atoms with Crippen LogP contribution in [0.3, 0.4) is 0 Å². The third-order valence-electron chi connectivity index (χ3n) is 3.25. The van der Waals surface area contributed by atoms with Crippen LogP contribution in [0.5, 0.6) is 0 Å². The molecule has 1 aliphatic rings. The van der Waals surface area contributed by atoms with Crippen LogP contribution in [-0.4, -0.2) is 22.5 Å². The van der Waals surface area contributed by atoms with E-state index in [-0.39, 0.29) is 30.1 Å². The number of hydrogen-bond acceptors (Lipinski definition) is 3. The smallest absolute Gasteiger partial charge is 0.338 e. The van der Waals surface area contributed by atoms with Crippen molar-refractivity contribution in [3.8, 4) is 0 Å². The Labute approximate surface area is 119 Å². The molecule has 0 radical (unpaired) electrons. The quantitative estimate of drug-likeness (QED) is 0.588. The lowest BCUT2D eigenvalue weighted by atomic mass is 9.93. The zero-order valence-electron chi connectivity index (χ0n) is 10.6. The highest BCUT2D eigenvalue weighted by Crippen LogP contribution is 2.38. The van der Waals surface area contributed by atoms with Crippen LogP contribution < -0.4 is 0 Å². The Balaban J connectivity index is 2.56. The van der Waals surface area contributed by atoms with Crippen molar-refractivity contribution in [2.75, 3.05) is 6.54 Å². The van der Waals surface area contributed by atoms with Crippen LogP contribution >= 0.6 is 12.2 Å². The van der Waals surface area contributed by atoms with Gasteiger partial charge in [-0.2, -0.15) is 18.2 Å². The largest absolute Gasteiger partial charge is 0.416 e. The molecule has 3 nitrogen and oxygen atoms in total. The molecule has 7 heteroatoms. The van der Waals surface area contributed by atoms with E-state index >= 15 is 0 Å². The molecule has 0 spiro atoms. The van der Waals surface area contributed by atoms with Gasteiger partial charge in [-0.15, -0.1) is 0 Å². The van der Waals surface area contributed by atoms with E-state index in [4.69, 9.17) is 0 Å². The number of hydrogen-bond donors (Lipinski definition) is 0.